The molecule has 0 amide bonds. The van der Waals surface area contributed by atoms with Crippen molar-refractivity contribution in [2.75, 3.05) is 12.9 Å². The minimum absolute atomic E-state index is 0.421. The molecule has 2 heteroatoms. The number of thiol groups is 1. The molecule has 0 aliphatic heterocycles. The average Bonchev–Trinajstić information content (AvgIpc) is 1.89. The van der Waals surface area contributed by atoms with Gasteiger partial charge in [-0.15, -0.1) is 0 Å². The second kappa shape index (κ2) is 6.43. The molecule has 1 nitrogen and oxygen atoms in total. The Balaban J connectivity index is 2.88. The van der Waals surface area contributed by atoms with Gasteiger partial charge in [0.2, 0.25) is 0 Å². The molecular formula is C7H16OS. The summed E-state index contributed by atoms with van der Waals surface area (Å²) in [5, 5.41) is 0. The van der Waals surface area contributed by atoms with Gasteiger partial charge in [-0.1, -0.05) is 6.42 Å². The predicted octanol–water partition coefficient (Wildman–Crippen LogP) is 2.12. The number of rotatable bonds is 5. The first-order chi connectivity index (χ1) is 4.31. The highest BCUT2D eigenvalue weighted by atomic mass is 32.1. The second-order valence-corrected chi connectivity index (χ2v) is 2.71. The Morgan fingerprint density at radius 1 is 1.44 bits per heavy atom. The maximum absolute atomic E-state index is 5.07. The van der Waals surface area contributed by atoms with Crippen LogP contribution in [0.25, 0.3) is 0 Å². The van der Waals surface area contributed by atoms with Crippen molar-refractivity contribution in [1.82, 2.24) is 0 Å². The smallest absolute Gasteiger partial charge is 0.0543 e. The van der Waals surface area contributed by atoms with Crippen LogP contribution in [-0.4, -0.2) is 19.0 Å². The highest BCUT2D eigenvalue weighted by molar-refractivity contribution is 7.80. The maximum atomic E-state index is 5.07. The molecule has 0 rings (SSSR count). The van der Waals surface area contributed by atoms with Gasteiger partial charge in [-0.3, -0.25) is 0 Å². The van der Waals surface area contributed by atoms with Crippen LogP contribution in [0, 0.1) is 0 Å². The molecule has 0 saturated heterocycles. The van der Waals surface area contributed by atoms with E-state index in [1.165, 1.54) is 12.8 Å². The Hall–Kier alpha value is 0.310. The molecule has 0 bridgehead atoms. The first kappa shape index (κ1) is 9.31. The van der Waals surface area contributed by atoms with Gasteiger partial charge in [0.15, 0.2) is 0 Å². The molecule has 0 aromatic carbocycles. The molecule has 0 radical (unpaired) electrons. The fourth-order valence-corrected chi connectivity index (χ4v) is 0.885. The van der Waals surface area contributed by atoms with Gasteiger partial charge >= 0.3 is 0 Å². The molecule has 56 valence electrons. The molecular weight excluding hydrogens is 132 g/mol. The van der Waals surface area contributed by atoms with E-state index in [4.69, 9.17) is 4.74 Å². The van der Waals surface area contributed by atoms with Crippen LogP contribution in [0.15, 0.2) is 0 Å². The summed E-state index contributed by atoms with van der Waals surface area (Å²) in [5.41, 5.74) is 0. The minimum Gasteiger partial charge on any atom is -0.382 e. The van der Waals surface area contributed by atoms with Gasteiger partial charge in [0.1, 0.15) is 0 Å². The molecule has 1 atom stereocenters. The van der Waals surface area contributed by atoms with Crippen molar-refractivity contribution in [3.63, 3.8) is 0 Å². The van der Waals surface area contributed by atoms with Crippen molar-refractivity contribution in [2.24, 2.45) is 0 Å². The van der Waals surface area contributed by atoms with Crippen molar-refractivity contribution in [3.05, 3.63) is 0 Å². The maximum Gasteiger partial charge on any atom is 0.0543 e. The highest BCUT2D eigenvalue weighted by Gasteiger charge is 1.96. The molecule has 9 heavy (non-hydrogen) atoms. The highest BCUT2D eigenvalue weighted by Crippen LogP contribution is 2.03. The van der Waals surface area contributed by atoms with Crippen LogP contribution in [0.5, 0.6) is 0 Å². The lowest BCUT2D eigenvalue weighted by molar-refractivity contribution is 0.109. The molecule has 0 spiro atoms. The van der Waals surface area contributed by atoms with Crippen molar-refractivity contribution in [3.8, 4) is 0 Å². The summed E-state index contributed by atoms with van der Waals surface area (Å²) in [5.74, 6) is 0.996. The fourth-order valence-electron chi connectivity index (χ4n) is 0.661. The molecule has 0 aliphatic rings. The summed E-state index contributed by atoms with van der Waals surface area (Å²) < 4.78 is 5.07. The zero-order valence-electron chi connectivity index (χ0n) is 6.26. The van der Waals surface area contributed by atoms with Crippen LogP contribution in [0.2, 0.25) is 0 Å². The van der Waals surface area contributed by atoms with E-state index in [1.54, 1.807) is 7.11 Å². The summed E-state index contributed by atoms with van der Waals surface area (Å²) >= 11 is 4.11. The zero-order chi connectivity index (χ0) is 7.11. The van der Waals surface area contributed by atoms with E-state index in [2.05, 4.69) is 19.6 Å². The molecule has 0 aliphatic carbocycles. The van der Waals surface area contributed by atoms with Gasteiger partial charge in [-0.2, -0.15) is 12.6 Å². The third kappa shape index (κ3) is 6.19. The normalized spacial score (nSPS) is 13.7. The summed E-state index contributed by atoms with van der Waals surface area (Å²) in [6.07, 6.45) is 4.02. The summed E-state index contributed by atoms with van der Waals surface area (Å²) in [4.78, 5) is 0. The number of hydrogen-bond donors (Lipinski definition) is 1. The molecule has 0 fully saturated rings. The van der Waals surface area contributed by atoms with E-state index >= 15 is 0 Å². The van der Waals surface area contributed by atoms with Gasteiger partial charge in [0.25, 0.3) is 0 Å². The van der Waals surface area contributed by atoms with Gasteiger partial charge < -0.3 is 4.74 Å². The third-order valence-electron chi connectivity index (χ3n) is 1.42. The first-order valence-corrected chi connectivity index (χ1v) is 4.08. The van der Waals surface area contributed by atoms with E-state index in [1.807, 2.05) is 0 Å². The van der Waals surface area contributed by atoms with Crippen molar-refractivity contribution in [2.45, 2.75) is 32.3 Å². The minimum atomic E-state index is 0.421. The third-order valence-corrected chi connectivity index (χ3v) is 1.74. The molecule has 0 saturated carbocycles. The Kier molecular flexibility index (Phi) is 6.65. The standard InChI is InChI=1S/C7H16OS/c1-7(8-2)5-3-4-6-9/h7,9H,3-6H2,1-2H3. The van der Waals surface area contributed by atoms with E-state index in [9.17, 15) is 0 Å². The van der Waals surface area contributed by atoms with Gasteiger partial charge in [0, 0.05) is 7.11 Å². The lowest BCUT2D eigenvalue weighted by atomic mass is 10.2. The number of unbranched alkanes of at least 4 members (excludes halogenated alkanes) is 1. The summed E-state index contributed by atoms with van der Waals surface area (Å²) in [6, 6.07) is 0. The van der Waals surface area contributed by atoms with Crippen LogP contribution in [0.4, 0.5) is 0 Å². The van der Waals surface area contributed by atoms with E-state index < -0.39 is 0 Å². The molecule has 0 N–H and O–H groups in total. The summed E-state index contributed by atoms with van der Waals surface area (Å²) in [7, 11) is 1.76. The quantitative estimate of drug-likeness (QED) is 0.464. The molecule has 0 aromatic heterocycles. The SMILES string of the molecule is COC(C)CCCCS. The molecule has 1 unspecified atom stereocenters. The Bertz CT molecular complexity index is 56.9. The Labute approximate surface area is 63.2 Å². The van der Waals surface area contributed by atoms with Crippen molar-refractivity contribution >= 4 is 12.6 Å². The van der Waals surface area contributed by atoms with Crippen molar-refractivity contribution < 1.29 is 4.74 Å². The number of methoxy groups -OCH3 is 1. The van der Waals surface area contributed by atoms with Crippen molar-refractivity contribution in [1.29, 1.82) is 0 Å². The second-order valence-electron chi connectivity index (χ2n) is 2.27. The Morgan fingerprint density at radius 2 is 2.11 bits per heavy atom. The van der Waals surface area contributed by atoms with Crippen LogP contribution >= 0.6 is 12.6 Å². The van der Waals surface area contributed by atoms with Crippen LogP contribution in [0.1, 0.15) is 26.2 Å². The monoisotopic (exact) mass is 148 g/mol. The van der Waals surface area contributed by atoms with Crippen LogP contribution in [0.3, 0.4) is 0 Å². The zero-order valence-corrected chi connectivity index (χ0v) is 7.16. The van der Waals surface area contributed by atoms with Crippen LogP contribution in [-0.2, 0) is 4.74 Å². The lowest BCUT2D eigenvalue weighted by Crippen LogP contribution is -2.03. The topological polar surface area (TPSA) is 9.23 Å². The summed E-state index contributed by atoms with van der Waals surface area (Å²) in [6.45, 7) is 2.10. The average molecular weight is 148 g/mol. The number of hydrogen-bond acceptors (Lipinski definition) is 2. The van der Waals surface area contributed by atoms with Gasteiger partial charge in [0.05, 0.1) is 6.10 Å². The van der Waals surface area contributed by atoms with E-state index in [0.29, 0.717) is 6.10 Å². The largest absolute Gasteiger partial charge is 0.382 e. The predicted molar refractivity (Wildman–Crippen MR) is 44.2 cm³/mol. The first-order valence-electron chi connectivity index (χ1n) is 3.45. The van der Waals surface area contributed by atoms with Gasteiger partial charge in [-0.25, -0.2) is 0 Å². The molecule has 0 aromatic rings. The Morgan fingerprint density at radius 3 is 2.56 bits per heavy atom. The van der Waals surface area contributed by atoms with Crippen LogP contribution < -0.4 is 0 Å². The lowest BCUT2D eigenvalue weighted by Gasteiger charge is -2.06. The molecule has 0 heterocycles. The van der Waals surface area contributed by atoms with E-state index in [0.717, 1.165) is 12.2 Å². The van der Waals surface area contributed by atoms with Gasteiger partial charge in [-0.05, 0) is 25.5 Å². The fraction of sp³-hybridized carbons (Fsp3) is 1.00. The number of ether oxygens (including phenoxy) is 1. The van der Waals surface area contributed by atoms with E-state index in [-0.39, 0.29) is 0 Å².